The molecule has 4 heteroatoms. The van der Waals surface area contributed by atoms with E-state index in [2.05, 4.69) is 17.3 Å². The van der Waals surface area contributed by atoms with Gasteiger partial charge in [0, 0.05) is 24.7 Å². The van der Waals surface area contributed by atoms with Crippen LogP contribution in [0.3, 0.4) is 0 Å². The lowest BCUT2D eigenvalue weighted by Crippen LogP contribution is -2.45. The minimum atomic E-state index is 0.0722. The maximum absolute atomic E-state index is 12.1. The molecule has 0 aromatic carbocycles. The highest BCUT2D eigenvalue weighted by atomic mass is 16.1. The van der Waals surface area contributed by atoms with Crippen LogP contribution in [-0.4, -0.2) is 42.5 Å². The number of nitrogens with one attached hydrogen (secondary N) is 1. The lowest BCUT2D eigenvalue weighted by molar-refractivity contribution is -0.125. The summed E-state index contributed by atoms with van der Waals surface area (Å²) in [6.45, 7) is 0.864. The minimum absolute atomic E-state index is 0.0722. The lowest BCUT2D eigenvalue weighted by atomic mass is 9.91. The highest BCUT2D eigenvalue weighted by Crippen LogP contribution is 2.37. The Labute approximate surface area is 116 Å². The summed E-state index contributed by atoms with van der Waals surface area (Å²) in [7, 11) is 2.26. The highest BCUT2D eigenvalue weighted by Gasteiger charge is 2.38. The molecule has 4 unspecified atom stereocenters. The fourth-order valence-corrected chi connectivity index (χ4v) is 4.38. The zero-order valence-electron chi connectivity index (χ0n) is 12.0. The van der Waals surface area contributed by atoms with Gasteiger partial charge in [-0.3, -0.25) is 4.79 Å². The number of fused-ring (bicyclic) bond motifs is 2. The summed E-state index contributed by atoms with van der Waals surface area (Å²) in [6, 6.07) is 1.61. The van der Waals surface area contributed by atoms with Crippen molar-refractivity contribution in [1.29, 1.82) is 0 Å². The average Bonchev–Trinajstić information content (AvgIpc) is 2.87. The SMILES string of the molecule is CN1C2CCC1CC(CNC(=O)C1CCCC1N)C2. The van der Waals surface area contributed by atoms with Crippen LogP contribution in [0.1, 0.15) is 44.9 Å². The third kappa shape index (κ3) is 2.65. The predicted octanol–water partition coefficient (Wildman–Crippen LogP) is 1.10. The summed E-state index contributed by atoms with van der Waals surface area (Å²) in [4.78, 5) is 14.7. The quantitative estimate of drug-likeness (QED) is 0.803. The van der Waals surface area contributed by atoms with Gasteiger partial charge in [0.15, 0.2) is 0 Å². The van der Waals surface area contributed by atoms with E-state index in [4.69, 9.17) is 5.73 Å². The first kappa shape index (κ1) is 13.4. The van der Waals surface area contributed by atoms with Gasteiger partial charge in [0.05, 0.1) is 5.92 Å². The molecule has 1 saturated carbocycles. The molecule has 108 valence electrons. The zero-order valence-corrected chi connectivity index (χ0v) is 12.0. The van der Waals surface area contributed by atoms with Crippen molar-refractivity contribution in [2.45, 2.75) is 63.1 Å². The molecule has 0 radical (unpaired) electrons. The number of carbonyl (C=O) groups excluding carboxylic acids is 1. The van der Waals surface area contributed by atoms with Crippen LogP contribution in [0.25, 0.3) is 0 Å². The number of nitrogens with zero attached hydrogens (tertiary/aromatic N) is 1. The number of carbonyl (C=O) groups is 1. The number of nitrogens with two attached hydrogens (primary N) is 1. The fraction of sp³-hybridized carbons (Fsp3) is 0.933. The Morgan fingerprint density at radius 2 is 1.89 bits per heavy atom. The van der Waals surface area contributed by atoms with Crippen molar-refractivity contribution in [2.24, 2.45) is 17.6 Å². The van der Waals surface area contributed by atoms with E-state index in [1.54, 1.807) is 0 Å². The summed E-state index contributed by atoms with van der Waals surface area (Å²) in [6.07, 6.45) is 8.30. The van der Waals surface area contributed by atoms with Crippen LogP contribution < -0.4 is 11.1 Å². The van der Waals surface area contributed by atoms with Gasteiger partial charge in [-0.25, -0.2) is 0 Å². The third-order valence-corrected chi connectivity index (χ3v) is 5.67. The Balaban J connectivity index is 1.47. The topological polar surface area (TPSA) is 58.4 Å². The van der Waals surface area contributed by atoms with Crippen LogP contribution in [0.15, 0.2) is 0 Å². The van der Waals surface area contributed by atoms with Crippen LogP contribution in [-0.2, 0) is 4.79 Å². The molecule has 2 heterocycles. The third-order valence-electron chi connectivity index (χ3n) is 5.67. The van der Waals surface area contributed by atoms with Gasteiger partial charge in [-0.1, -0.05) is 6.42 Å². The van der Waals surface area contributed by atoms with Gasteiger partial charge in [0.1, 0.15) is 0 Å². The van der Waals surface area contributed by atoms with Crippen LogP contribution >= 0.6 is 0 Å². The van der Waals surface area contributed by atoms with Gasteiger partial charge >= 0.3 is 0 Å². The van der Waals surface area contributed by atoms with E-state index in [1.807, 2.05) is 0 Å². The summed E-state index contributed by atoms with van der Waals surface area (Å²) in [5.41, 5.74) is 5.99. The maximum Gasteiger partial charge on any atom is 0.224 e. The summed E-state index contributed by atoms with van der Waals surface area (Å²) in [5.74, 6) is 0.953. The number of hydrogen-bond acceptors (Lipinski definition) is 3. The molecule has 4 atom stereocenters. The van der Waals surface area contributed by atoms with Crippen LogP contribution in [0.5, 0.6) is 0 Å². The Morgan fingerprint density at radius 3 is 2.47 bits per heavy atom. The predicted molar refractivity (Wildman–Crippen MR) is 75.6 cm³/mol. The van der Waals surface area contributed by atoms with Crippen LogP contribution in [0.4, 0.5) is 0 Å². The molecule has 2 saturated heterocycles. The standard InChI is InChI=1S/C15H27N3O/c1-18-11-5-6-12(18)8-10(7-11)9-17-15(19)13-3-2-4-14(13)16/h10-14H,2-9,16H2,1H3,(H,17,19). The van der Waals surface area contributed by atoms with Gasteiger partial charge in [-0.05, 0) is 51.5 Å². The molecular weight excluding hydrogens is 238 g/mol. The lowest BCUT2D eigenvalue weighted by Gasteiger charge is -2.36. The molecule has 3 rings (SSSR count). The molecule has 0 spiro atoms. The molecule has 3 N–H and O–H groups in total. The Morgan fingerprint density at radius 1 is 1.21 bits per heavy atom. The zero-order chi connectivity index (χ0) is 13.4. The van der Waals surface area contributed by atoms with Crippen molar-refractivity contribution in [3.05, 3.63) is 0 Å². The van der Waals surface area contributed by atoms with Gasteiger partial charge in [0.25, 0.3) is 0 Å². The molecule has 4 nitrogen and oxygen atoms in total. The molecule has 3 aliphatic rings. The molecule has 2 aliphatic heterocycles. The molecule has 1 amide bonds. The maximum atomic E-state index is 12.1. The molecule has 1 aliphatic carbocycles. The normalized spacial score (nSPS) is 42.5. The van der Waals surface area contributed by atoms with Crippen molar-refractivity contribution in [3.8, 4) is 0 Å². The van der Waals surface area contributed by atoms with E-state index >= 15 is 0 Å². The van der Waals surface area contributed by atoms with E-state index in [1.165, 1.54) is 25.7 Å². The van der Waals surface area contributed by atoms with E-state index in [-0.39, 0.29) is 17.9 Å². The average molecular weight is 265 g/mol. The Hall–Kier alpha value is -0.610. The van der Waals surface area contributed by atoms with E-state index in [0.717, 1.165) is 37.9 Å². The Kier molecular flexibility index (Phi) is 3.81. The molecule has 19 heavy (non-hydrogen) atoms. The van der Waals surface area contributed by atoms with Gasteiger partial charge in [0.2, 0.25) is 5.91 Å². The molecule has 3 fully saturated rings. The number of amides is 1. The van der Waals surface area contributed by atoms with E-state index in [0.29, 0.717) is 5.92 Å². The largest absolute Gasteiger partial charge is 0.356 e. The minimum Gasteiger partial charge on any atom is -0.356 e. The second-order valence-electron chi connectivity index (χ2n) is 6.83. The first-order valence-corrected chi connectivity index (χ1v) is 7.90. The molecule has 0 aromatic rings. The van der Waals surface area contributed by atoms with E-state index < -0.39 is 0 Å². The fourth-order valence-electron chi connectivity index (χ4n) is 4.38. The monoisotopic (exact) mass is 265 g/mol. The van der Waals surface area contributed by atoms with Crippen LogP contribution in [0, 0.1) is 11.8 Å². The first-order valence-electron chi connectivity index (χ1n) is 7.90. The summed E-state index contributed by atoms with van der Waals surface area (Å²) >= 11 is 0. The first-order chi connectivity index (χ1) is 9.15. The summed E-state index contributed by atoms with van der Waals surface area (Å²) in [5, 5.41) is 3.17. The van der Waals surface area contributed by atoms with Crippen molar-refractivity contribution in [2.75, 3.05) is 13.6 Å². The number of rotatable bonds is 3. The highest BCUT2D eigenvalue weighted by molar-refractivity contribution is 5.79. The second kappa shape index (κ2) is 5.41. The van der Waals surface area contributed by atoms with Crippen molar-refractivity contribution in [1.82, 2.24) is 10.2 Å². The van der Waals surface area contributed by atoms with Crippen molar-refractivity contribution < 1.29 is 4.79 Å². The van der Waals surface area contributed by atoms with Crippen molar-refractivity contribution in [3.63, 3.8) is 0 Å². The van der Waals surface area contributed by atoms with Gasteiger partial charge < -0.3 is 16.0 Å². The van der Waals surface area contributed by atoms with Crippen LogP contribution in [0.2, 0.25) is 0 Å². The van der Waals surface area contributed by atoms with Gasteiger partial charge in [-0.2, -0.15) is 0 Å². The van der Waals surface area contributed by atoms with Crippen molar-refractivity contribution >= 4 is 5.91 Å². The second-order valence-corrected chi connectivity index (χ2v) is 6.83. The number of piperidine rings is 1. The molecule has 2 bridgehead atoms. The number of hydrogen-bond donors (Lipinski definition) is 2. The summed E-state index contributed by atoms with van der Waals surface area (Å²) < 4.78 is 0. The van der Waals surface area contributed by atoms with E-state index in [9.17, 15) is 4.79 Å². The smallest absolute Gasteiger partial charge is 0.224 e. The molecule has 0 aromatic heterocycles. The molecular formula is C15H27N3O. The Bertz CT molecular complexity index is 332. The van der Waals surface area contributed by atoms with Gasteiger partial charge in [-0.15, -0.1) is 0 Å².